The SMILES string of the molecule is O=C(NCc1ccccc1F)[C@H]1CCCN(C(=O)c2cccc3ccccc23)C1. The molecule has 1 heterocycles. The third kappa shape index (κ3) is 4.14. The highest BCUT2D eigenvalue weighted by molar-refractivity contribution is 6.07. The van der Waals surface area contributed by atoms with Crippen LogP contribution >= 0.6 is 0 Å². The molecule has 0 aromatic heterocycles. The average Bonchev–Trinajstić information content (AvgIpc) is 2.77. The second-order valence-corrected chi connectivity index (χ2v) is 7.43. The third-order valence-corrected chi connectivity index (χ3v) is 5.51. The second kappa shape index (κ2) is 8.43. The summed E-state index contributed by atoms with van der Waals surface area (Å²) >= 11 is 0. The quantitative estimate of drug-likeness (QED) is 0.728. The zero-order valence-corrected chi connectivity index (χ0v) is 16.1. The van der Waals surface area contributed by atoms with Crippen molar-refractivity contribution in [3.05, 3.63) is 83.7 Å². The zero-order chi connectivity index (χ0) is 20.2. The van der Waals surface area contributed by atoms with Gasteiger partial charge in [0, 0.05) is 30.8 Å². The van der Waals surface area contributed by atoms with Crippen LogP contribution in [0.3, 0.4) is 0 Å². The maximum atomic E-state index is 13.8. The fraction of sp³-hybridized carbons (Fsp3) is 0.250. The van der Waals surface area contributed by atoms with E-state index in [1.165, 1.54) is 6.07 Å². The molecule has 2 amide bonds. The van der Waals surface area contributed by atoms with Gasteiger partial charge in [0.1, 0.15) is 5.82 Å². The van der Waals surface area contributed by atoms with E-state index in [1.807, 2.05) is 42.5 Å². The van der Waals surface area contributed by atoms with Gasteiger partial charge in [0.25, 0.3) is 5.91 Å². The number of amides is 2. The normalized spacial score (nSPS) is 16.6. The molecule has 148 valence electrons. The van der Waals surface area contributed by atoms with E-state index >= 15 is 0 Å². The van der Waals surface area contributed by atoms with Crippen molar-refractivity contribution in [2.75, 3.05) is 13.1 Å². The van der Waals surface area contributed by atoms with Crippen LogP contribution < -0.4 is 5.32 Å². The Hall–Kier alpha value is -3.21. The van der Waals surface area contributed by atoms with Gasteiger partial charge in [0.15, 0.2) is 0 Å². The first kappa shape index (κ1) is 19.1. The fourth-order valence-electron chi connectivity index (χ4n) is 3.93. The molecule has 0 aliphatic carbocycles. The molecule has 29 heavy (non-hydrogen) atoms. The van der Waals surface area contributed by atoms with Crippen molar-refractivity contribution < 1.29 is 14.0 Å². The minimum atomic E-state index is -0.329. The molecule has 0 saturated carbocycles. The first-order chi connectivity index (χ1) is 14.1. The minimum absolute atomic E-state index is 0.0478. The summed E-state index contributed by atoms with van der Waals surface area (Å²) in [7, 11) is 0. The number of fused-ring (bicyclic) bond motifs is 1. The van der Waals surface area contributed by atoms with Crippen molar-refractivity contribution in [3.63, 3.8) is 0 Å². The molecular weight excluding hydrogens is 367 g/mol. The summed E-state index contributed by atoms with van der Waals surface area (Å²) in [5.74, 6) is -0.796. The van der Waals surface area contributed by atoms with Crippen molar-refractivity contribution in [2.24, 2.45) is 5.92 Å². The molecule has 1 aliphatic rings. The van der Waals surface area contributed by atoms with E-state index in [2.05, 4.69) is 5.32 Å². The molecular formula is C24H23FN2O2. The van der Waals surface area contributed by atoms with Crippen LogP contribution in [0.2, 0.25) is 0 Å². The van der Waals surface area contributed by atoms with Crippen molar-refractivity contribution in [3.8, 4) is 0 Å². The highest BCUT2D eigenvalue weighted by Gasteiger charge is 2.29. The average molecular weight is 390 g/mol. The number of carbonyl (C=O) groups excluding carboxylic acids is 2. The first-order valence-corrected chi connectivity index (χ1v) is 9.91. The predicted molar refractivity (Wildman–Crippen MR) is 111 cm³/mol. The molecule has 0 bridgehead atoms. The molecule has 1 fully saturated rings. The van der Waals surface area contributed by atoms with Crippen LogP contribution in [0.15, 0.2) is 66.7 Å². The molecule has 0 unspecified atom stereocenters. The predicted octanol–water partition coefficient (Wildman–Crippen LogP) is 4.15. The topological polar surface area (TPSA) is 49.4 Å². The van der Waals surface area contributed by atoms with Gasteiger partial charge < -0.3 is 10.2 Å². The van der Waals surface area contributed by atoms with Crippen molar-refractivity contribution in [2.45, 2.75) is 19.4 Å². The molecule has 0 radical (unpaired) electrons. The van der Waals surface area contributed by atoms with E-state index in [0.29, 0.717) is 24.2 Å². The van der Waals surface area contributed by atoms with Gasteiger partial charge in [-0.05, 0) is 35.7 Å². The number of rotatable bonds is 4. The number of piperidine rings is 1. The summed E-state index contributed by atoms with van der Waals surface area (Å²) in [5, 5.41) is 4.77. The molecule has 1 aliphatic heterocycles. The maximum Gasteiger partial charge on any atom is 0.254 e. The Morgan fingerprint density at radius 1 is 1.00 bits per heavy atom. The highest BCUT2D eigenvalue weighted by Crippen LogP contribution is 2.23. The second-order valence-electron chi connectivity index (χ2n) is 7.43. The van der Waals surface area contributed by atoms with Crippen molar-refractivity contribution in [1.82, 2.24) is 10.2 Å². The monoisotopic (exact) mass is 390 g/mol. The van der Waals surface area contributed by atoms with Crippen LogP contribution in [-0.4, -0.2) is 29.8 Å². The van der Waals surface area contributed by atoms with Gasteiger partial charge in [-0.3, -0.25) is 9.59 Å². The molecule has 1 saturated heterocycles. The van der Waals surface area contributed by atoms with Crippen LogP contribution in [0.4, 0.5) is 4.39 Å². The number of halogens is 1. The number of nitrogens with zero attached hydrogens (tertiary/aromatic N) is 1. The Bertz CT molecular complexity index is 1040. The Morgan fingerprint density at radius 3 is 2.62 bits per heavy atom. The smallest absolute Gasteiger partial charge is 0.254 e. The Labute approximate surface area is 169 Å². The molecule has 3 aromatic carbocycles. The third-order valence-electron chi connectivity index (χ3n) is 5.51. The molecule has 1 atom stereocenters. The summed E-state index contributed by atoms with van der Waals surface area (Å²) < 4.78 is 13.8. The summed E-state index contributed by atoms with van der Waals surface area (Å²) in [6.45, 7) is 1.17. The molecule has 4 nitrogen and oxygen atoms in total. The van der Waals surface area contributed by atoms with Crippen molar-refractivity contribution in [1.29, 1.82) is 0 Å². The van der Waals surface area contributed by atoms with Crippen LogP contribution in [0.1, 0.15) is 28.8 Å². The summed E-state index contributed by atoms with van der Waals surface area (Å²) in [4.78, 5) is 27.5. The summed E-state index contributed by atoms with van der Waals surface area (Å²) in [5.41, 5.74) is 1.12. The van der Waals surface area contributed by atoms with Crippen molar-refractivity contribution >= 4 is 22.6 Å². The number of nitrogens with one attached hydrogen (secondary N) is 1. The number of benzene rings is 3. The van der Waals surface area contributed by atoms with E-state index in [-0.39, 0.29) is 30.1 Å². The van der Waals surface area contributed by atoms with Crippen LogP contribution in [0.5, 0.6) is 0 Å². The lowest BCUT2D eigenvalue weighted by molar-refractivity contribution is -0.126. The zero-order valence-electron chi connectivity index (χ0n) is 16.1. The number of hydrogen-bond acceptors (Lipinski definition) is 2. The lowest BCUT2D eigenvalue weighted by Crippen LogP contribution is -2.45. The van der Waals surface area contributed by atoms with Crippen LogP contribution in [0, 0.1) is 11.7 Å². The number of hydrogen-bond donors (Lipinski definition) is 1. The van der Waals surface area contributed by atoms with Gasteiger partial charge in [0.05, 0.1) is 5.92 Å². The molecule has 5 heteroatoms. The summed E-state index contributed by atoms with van der Waals surface area (Å²) in [6.07, 6.45) is 1.50. The molecule has 3 aromatic rings. The Balaban J connectivity index is 1.44. The number of likely N-dealkylation sites (tertiary alicyclic amines) is 1. The molecule has 1 N–H and O–H groups in total. The van der Waals surface area contributed by atoms with Gasteiger partial charge in [0.2, 0.25) is 5.91 Å². The maximum absolute atomic E-state index is 13.8. The Morgan fingerprint density at radius 2 is 1.76 bits per heavy atom. The van der Waals surface area contributed by atoms with Gasteiger partial charge in [-0.25, -0.2) is 4.39 Å². The largest absolute Gasteiger partial charge is 0.352 e. The van der Waals surface area contributed by atoms with Crippen LogP contribution in [-0.2, 0) is 11.3 Å². The van der Waals surface area contributed by atoms with Crippen LogP contribution in [0.25, 0.3) is 10.8 Å². The fourth-order valence-corrected chi connectivity index (χ4v) is 3.93. The standard InChI is InChI=1S/C24H23FN2O2/c25-22-13-4-2-8-18(22)15-26-23(28)19-10-6-14-27(16-19)24(29)21-12-5-9-17-7-1-3-11-20(17)21/h1-5,7-9,11-13,19H,6,10,14-16H2,(H,26,28)/t19-/m0/s1. The van der Waals surface area contributed by atoms with Gasteiger partial charge in [-0.1, -0.05) is 54.6 Å². The summed E-state index contributed by atoms with van der Waals surface area (Å²) in [6, 6.07) is 19.9. The van der Waals surface area contributed by atoms with E-state index in [9.17, 15) is 14.0 Å². The van der Waals surface area contributed by atoms with Gasteiger partial charge >= 0.3 is 0 Å². The van der Waals surface area contributed by atoms with E-state index in [0.717, 1.165) is 23.6 Å². The molecule has 4 rings (SSSR count). The Kier molecular flexibility index (Phi) is 5.56. The highest BCUT2D eigenvalue weighted by atomic mass is 19.1. The van der Waals surface area contributed by atoms with Gasteiger partial charge in [-0.15, -0.1) is 0 Å². The first-order valence-electron chi connectivity index (χ1n) is 9.91. The van der Waals surface area contributed by atoms with E-state index in [4.69, 9.17) is 0 Å². The van der Waals surface area contributed by atoms with Gasteiger partial charge in [-0.2, -0.15) is 0 Å². The molecule has 0 spiro atoms. The van der Waals surface area contributed by atoms with E-state index in [1.54, 1.807) is 23.1 Å². The lowest BCUT2D eigenvalue weighted by Gasteiger charge is -2.32. The lowest BCUT2D eigenvalue weighted by atomic mass is 9.95. The number of carbonyl (C=O) groups is 2. The van der Waals surface area contributed by atoms with E-state index < -0.39 is 0 Å². The minimum Gasteiger partial charge on any atom is -0.352 e.